The number of carbonyl (C=O) groups is 2. The maximum Gasteiger partial charge on any atom is 0.167 e. The fourth-order valence-electron chi connectivity index (χ4n) is 0.966. The summed E-state index contributed by atoms with van der Waals surface area (Å²) in [4.78, 5) is 21.8. The van der Waals surface area contributed by atoms with Crippen LogP contribution in [0.25, 0.3) is 0 Å². The van der Waals surface area contributed by atoms with Gasteiger partial charge in [0.25, 0.3) is 0 Å². The van der Waals surface area contributed by atoms with Gasteiger partial charge in [-0.05, 0) is 6.92 Å². The molecule has 11 heavy (non-hydrogen) atoms. The van der Waals surface area contributed by atoms with Gasteiger partial charge in [0.15, 0.2) is 17.7 Å². The van der Waals surface area contributed by atoms with Gasteiger partial charge in [0, 0.05) is 5.92 Å². The maximum atomic E-state index is 11.1. The van der Waals surface area contributed by atoms with Crippen molar-refractivity contribution in [3.8, 4) is 0 Å². The number of carbonyl (C=O) groups excluding carboxylic acids is 2. The Morgan fingerprint density at radius 3 is 2.09 bits per heavy atom. The maximum absolute atomic E-state index is 11.1. The Morgan fingerprint density at radius 1 is 1.27 bits per heavy atom. The lowest BCUT2D eigenvalue weighted by Crippen LogP contribution is -2.18. The summed E-state index contributed by atoms with van der Waals surface area (Å²) in [5, 5.41) is 0. The molecule has 0 N–H and O–H groups in total. The molecule has 0 aromatic carbocycles. The highest BCUT2D eigenvalue weighted by atomic mass is 16.6. The van der Waals surface area contributed by atoms with Gasteiger partial charge in [-0.15, -0.1) is 0 Å². The summed E-state index contributed by atoms with van der Waals surface area (Å²) >= 11 is 0. The van der Waals surface area contributed by atoms with E-state index in [2.05, 4.69) is 0 Å². The molecule has 0 saturated carbocycles. The van der Waals surface area contributed by atoms with Crippen LogP contribution in [-0.2, 0) is 14.3 Å². The summed E-state index contributed by atoms with van der Waals surface area (Å²) in [5.74, 6) is -0.0569. The van der Waals surface area contributed by atoms with E-state index >= 15 is 0 Å². The van der Waals surface area contributed by atoms with Gasteiger partial charge in [-0.2, -0.15) is 0 Å². The molecule has 0 aromatic heterocycles. The molecular weight excluding hydrogens is 144 g/mol. The molecule has 1 rings (SSSR count). The van der Waals surface area contributed by atoms with Crippen molar-refractivity contribution in [3.63, 3.8) is 0 Å². The molecule has 3 nitrogen and oxygen atoms in total. The van der Waals surface area contributed by atoms with Crippen LogP contribution in [0.15, 0.2) is 0 Å². The van der Waals surface area contributed by atoms with Crippen LogP contribution >= 0.6 is 0 Å². The van der Waals surface area contributed by atoms with Crippen LogP contribution in [0.3, 0.4) is 0 Å². The fraction of sp³-hybridized carbons (Fsp3) is 0.750. The van der Waals surface area contributed by atoms with Crippen molar-refractivity contribution in [1.29, 1.82) is 0 Å². The molecule has 0 amide bonds. The fourth-order valence-corrected chi connectivity index (χ4v) is 0.966. The van der Waals surface area contributed by atoms with Crippen molar-refractivity contribution >= 4 is 11.6 Å². The zero-order valence-corrected chi connectivity index (χ0v) is 6.96. The Bertz CT molecular complexity index is 196. The van der Waals surface area contributed by atoms with Crippen LogP contribution in [0.2, 0.25) is 0 Å². The number of hydrogen-bond acceptors (Lipinski definition) is 3. The lowest BCUT2D eigenvalue weighted by Gasteiger charge is -1.97. The Morgan fingerprint density at radius 2 is 1.82 bits per heavy atom. The van der Waals surface area contributed by atoms with Gasteiger partial charge in [0.2, 0.25) is 0 Å². The van der Waals surface area contributed by atoms with Crippen LogP contribution in [0.1, 0.15) is 20.8 Å². The molecule has 2 unspecified atom stereocenters. The molecule has 1 saturated heterocycles. The van der Waals surface area contributed by atoms with E-state index in [-0.39, 0.29) is 17.5 Å². The van der Waals surface area contributed by atoms with Crippen LogP contribution in [-0.4, -0.2) is 23.8 Å². The first-order valence-electron chi connectivity index (χ1n) is 3.73. The molecule has 0 aliphatic carbocycles. The first-order chi connectivity index (χ1) is 5.04. The lowest BCUT2D eigenvalue weighted by molar-refractivity contribution is -0.123. The summed E-state index contributed by atoms with van der Waals surface area (Å²) in [6.45, 7) is 5.06. The highest BCUT2D eigenvalue weighted by Crippen LogP contribution is 2.26. The van der Waals surface area contributed by atoms with E-state index in [0.717, 1.165) is 0 Å². The predicted octanol–water partition coefficient (Wildman–Crippen LogP) is 0.568. The number of hydrogen-bond donors (Lipinski definition) is 0. The van der Waals surface area contributed by atoms with Crippen molar-refractivity contribution in [2.24, 2.45) is 5.92 Å². The van der Waals surface area contributed by atoms with Gasteiger partial charge >= 0.3 is 0 Å². The van der Waals surface area contributed by atoms with Gasteiger partial charge in [-0.1, -0.05) is 13.8 Å². The largest absolute Gasteiger partial charge is 0.353 e. The van der Waals surface area contributed by atoms with Crippen LogP contribution < -0.4 is 0 Å². The molecule has 0 bridgehead atoms. The van der Waals surface area contributed by atoms with E-state index in [1.807, 2.05) is 0 Å². The Kier molecular flexibility index (Phi) is 2.09. The zero-order valence-electron chi connectivity index (χ0n) is 6.96. The van der Waals surface area contributed by atoms with Crippen molar-refractivity contribution in [2.45, 2.75) is 33.0 Å². The third kappa shape index (κ3) is 1.66. The number of ether oxygens (including phenoxy) is 1. The number of rotatable bonds is 3. The third-order valence-electron chi connectivity index (χ3n) is 1.74. The number of Topliss-reactive ketones (excluding diaryl/α,β-unsaturated/α-hetero) is 2. The second-order valence-corrected chi connectivity index (χ2v) is 3.15. The molecule has 0 radical (unpaired) electrons. The molecule has 0 aromatic rings. The highest BCUT2D eigenvalue weighted by Gasteiger charge is 2.48. The molecule has 0 spiro atoms. The van der Waals surface area contributed by atoms with Crippen LogP contribution in [0.4, 0.5) is 0 Å². The zero-order chi connectivity index (χ0) is 8.59. The molecular formula is C8H12O3. The highest BCUT2D eigenvalue weighted by molar-refractivity contribution is 5.96. The normalized spacial score (nSPS) is 28.7. The molecule has 1 aliphatic heterocycles. The molecule has 1 heterocycles. The van der Waals surface area contributed by atoms with Crippen molar-refractivity contribution in [3.05, 3.63) is 0 Å². The molecule has 2 atom stereocenters. The average Bonchev–Trinajstić information content (AvgIpc) is 2.63. The van der Waals surface area contributed by atoms with Crippen LogP contribution in [0, 0.1) is 5.92 Å². The van der Waals surface area contributed by atoms with Gasteiger partial charge in [0.1, 0.15) is 6.10 Å². The van der Waals surface area contributed by atoms with E-state index < -0.39 is 12.2 Å². The summed E-state index contributed by atoms with van der Waals surface area (Å²) in [6, 6.07) is 0. The number of epoxide rings is 1. The van der Waals surface area contributed by atoms with E-state index in [0.29, 0.717) is 0 Å². The van der Waals surface area contributed by atoms with Gasteiger partial charge in [-0.25, -0.2) is 0 Å². The van der Waals surface area contributed by atoms with E-state index in [1.165, 1.54) is 6.92 Å². The standard InChI is InChI=1S/C8H12O3/c1-4(2)6(10)8-7(11-8)5(3)9/h4,7-8H,1-3H3. The third-order valence-corrected chi connectivity index (χ3v) is 1.74. The van der Waals surface area contributed by atoms with E-state index in [9.17, 15) is 9.59 Å². The summed E-state index contributed by atoms with van der Waals surface area (Å²) in [7, 11) is 0. The summed E-state index contributed by atoms with van der Waals surface area (Å²) in [6.07, 6.45) is -0.877. The Hall–Kier alpha value is -0.700. The van der Waals surface area contributed by atoms with Crippen molar-refractivity contribution in [1.82, 2.24) is 0 Å². The second kappa shape index (κ2) is 2.74. The van der Waals surface area contributed by atoms with E-state index in [4.69, 9.17) is 4.74 Å². The minimum atomic E-state index is -0.440. The van der Waals surface area contributed by atoms with Crippen molar-refractivity contribution < 1.29 is 14.3 Å². The number of ketones is 2. The minimum absolute atomic E-state index is 0.0326. The van der Waals surface area contributed by atoms with E-state index in [1.54, 1.807) is 13.8 Å². The SMILES string of the molecule is CC(=O)C1OC1C(=O)C(C)C. The Labute approximate surface area is 65.7 Å². The summed E-state index contributed by atoms with van der Waals surface area (Å²) in [5.41, 5.74) is 0. The molecule has 1 fully saturated rings. The molecule has 3 heteroatoms. The first-order valence-corrected chi connectivity index (χ1v) is 3.73. The van der Waals surface area contributed by atoms with Gasteiger partial charge in [-0.3, -0.25) is 9.59 Å². The smallest absolute Gasteiger partial charge is 0.167 e. The molecule has 62 valence electrons. The minimum Gasteiger partial charge on any atom is -0.353 e. The lowest BCUT2D eigenvalue weighted by atomic mass is 10.0. The molecule has 1 aliphatic rings. The second-order valence-electron chi connectivity index (χ2n) is 3.15. The van der Waals surface area contributed by atoms with Crippen LogP contribution in [0.5, 0.6) is 0 Å². The topological polar surface area (TPSA) is 46.7 Å². The predicted molar refractivity (Wildman–Crippen MR) is 39.2 cm³/mol. The van der Waals surface area contributed by atoms with Gasteiger partial charge < -0.3 is 4.74 Å². The quantitative estimate of drug-likeness (QED) is 0.561. The summed E-state index contributed by atoms with van der Waals surface area (Å²) < 4.78 is 4.90. The monoisotopic (exact) mass is 156 g/mol. The Balaban J connectivity index is 2.44. The van der Waals surface area contributed by atoms with Crippen molar-refractivity contribution in [2.75, 3.05) is 0 Å². The van der Waals surface area contributed by atoms with Gasteiger partial charge in [0.05, 0.1) is 0 Å². The first kappa shape index (κ1) is 8.40. The average molecular weight is 156 g/mol.